The quantitative estimate of drug-likeness (QED) is 0.420. The summed E-state index contributed by atoms with van der Waals surface area (Å²) in [7, 11) is 1.64. The molecule has 0 atom stereocenters. The molecule has 0 fully saturated rings. The molecule has 0 rings (SSSR count). The van der Waals surface area contributed by atoms with Crippen molar-refractivity contribution in [2.75, 3.05) is 7.05 Å². The van der Waals surface area contributed by atoms with Crippen LogP contribution in [0, 0.1) is 0 Å². The van der Waals surface area contributed by atoms with Crippen LogP contribution in [0.25, 0.3) is 0 Å². The van der Waals surface area contributed by atoms with Crippen molar-refractivity contribution in [3.8, 4) is 0 Å². The minimum absolute atomic E-state index is 0.339. The fraction of sp³-hybridized carbons (Fsp3) is 0.667. The van der Waals surface area contributed by atoms with Gasteiger partial charge < -0.3 is 0 Å². The van der Waals surface area contributed by atoms with Crippen molar-refractivity contribution in [1.82, 2.24) is 5.01 Å². The van der Waals surface area contributed by atoms with Gasteiger partial charge in [-0.2, -0.15) is 5.11 Å². The normalized spacial score (nSPS) is 10.7. The van der Waals surface area contributed by atoms with E-state index in [1.807, 2.05) is 13.8 Å². The summed E-state index contributed by atoms with van der Waals surface area (Å²) in [5.41, 5.74) is 0. The molecule has 0 aromatic carbocycles. The second kappa shape index (κ2) is 4.06. The summed E-state index contributed by atoms with van der Waals surface area (Å²) in [5, 5.41) is 9.08. The van der Waals surface area contributed by atoms with Gasteiger partial charge in [-0.1, -0.05) is 11.8 Å². The molecule has 3 nitrogen and oxygen atoms in total. The third-order valence-corrected chi connectivity index (χ3v) is 0.909. The van der Waals surface area contributed by atoms with Crippen molar-refractivity contribution < 1.29 is 0 Å². The molecule has 0 heterocycles. The SMILES string of the molecule is C=CN(N=NC)C(C)C. The van der Waals surface area contributed by atoms with Crippen LogP contribution in [-0.2, 0) is 0 Å². The maximum Gasteiger partial charge on any atom is 0.0509 e. The molecule has 0 aromatic rings. The highest BCUT2D eigenvalue weighted by atomic mass is 15.5. The average molecular weight is 127 g/mol. The highest BCUT2D eigenvalue weighted by Crippen LogP contribution is 1.97. The first kappa shape index (κ1) is 8.14. The molecular formula is C6H13N3. The van der Waals surface area contributed by atoms with Crippen molar-refractivity contribution in [2.24, 2.45) is 10.3 Å². The third kappa shape index (κ3) is 2.85. The zero-order chi connectivity index (χ0) is 7.28. The Morgan fingerprint density at radius 3 is 2.22 bits per heavy atom. The van der Waals surface area contributed by atoms with Gasteiger partial charge in [0.1, 0.15) is 0 Å². The molecular weight excluding hydrogens is 114 g/mol. The monoisotopic (exact) mass is 127 g/mol. The molecule has 0 unspecified atom stereocenters. The van der Waals surface area contributed by atoms with Crippen molar-refractivity contribution >= 4 is 0 Å². The molecule has 3 heteroatoms. The average Bonchev–Trinajstić information content (AvgIpc) is 1.82. The van der Waals surface area contributed by atoms with E-state index in [2.05, 4.69) is 16.9 Å². The summed E-state index contributed by atoms with van der Waals surface area (Å²) in [6, 6.07) is 0.339. The second-order valence-electron chi connectivity index (χ2n) is 1.95. The van der Waals surface area contributed by atoms with Gasteiger partial charge in [-0.25, -0.2) is 0 Å². The van der Waals surface area contributed by atoms with Gasteiger partial charge in [0, 0.05) is 12.2 Å². The highest BCUT2D eigenvalue weighted by Gasteiger charge is 1.98. The summed E-state index contributed by atoms with van der Waals surface area (Å²) in [4.78, 5) is 0. The van der Waals surface area contributed by atoms with Gasteiger partial charge in [-0.05, 0) is 13.8 Å². The lowest BCUT2D eigenvalue weighted by Gasteiger charge is -2.15. The summed E-state index contributed by atoms with van der Waals surface area (Å²) in [5.74, 6) is 0. The van der Waals surface area contributed by atoms with Gasteiger partial charge in [0.15, 0.2) is 0 Å². The topological polar surface area (TPSA) is 28.0 Å². The van der Waals surface area contributed by atoms with Crippen LogP contribution in [0.4, 0.5) is 0 Å². The first-order valence-electron chi connectivity index (χ1n) is 2.93. The van der Waals surface area contributed by atoms with Crippen LogP contribution in [0.3, 0.4) is 0 Å². The Kier molecular flexibility index (Phi) is 3.67. The number of nitrogens with zero attached hydrogens (tertiary/aromatic N) is 3. The van der Waals surface area contributed by atoms with E-state index in [1.165, 1.54) is 0 Å². The number of rotatable bonds is 3. The maximum absolute atomic E-state index is 3.78. The van der Waals surface area contributed by atoms with E-state index in [0.29, 0.717) is 6.04 Å². The lowest BCUT2D eigenvalue weighted by molar-refractivity contribution is 0.306. The second-order valence-corrected chi connectivity index (χ2v) is 1.95. The first-order chi connectivity index (χ1) is 4.22. The fourth-order valence-electron chi connectivity index (χ4n) is 0.454. The molecule has 0 aliphatic heterocycles. The van der Waals surface area contributed by atoms with Crippen molar-refractivity contribution in [2.45, 2.75) is 19.9 Å². The van der Waals surface area contributed by atoms with E-state index in [-0.39, 0.29) is 0 Å². The molecule has 0 saturated carbocycles. The van der Waals surface area contributed by atoms with Crippen LogP contribution in [0.15, 0.2) is 23.1 Å². The van der Waals surface area contributed by atoms with E-state index in [1.54, 1.807) is 18.3 Å². The smallest absolute Gasteiger partial charge is 0.0509 e. The standard InChI is InChI=1S/C6H13N3/c1-5-9(6(2)3)8-7-4/h5-6H,1H2,2-4H3. The van der Waals surface area contributed by atoms with E-state index in [0.717, 1.165) is 0 Å². The van der Waals surface area contributed by atoms with Gasteiger partial charge in [0.2, 0.25) is 0 Å². The van der Waals surface area contributed by atoms with Crippen LogP contribution in [-0.4, -0.2) is 18.1 Å². The molecule has 0 N–H and O–H groups in total. The van der Waals surface area contributed by atoms with Gasteiger partial charge in [0.25, 0.3) is 0 Å². The van der Waals surface area contributed by atoms with Gasteiger partial charge in [-0.15, -0.1) is 0 Å². The zero-order valence-corrected chi connectivity index (χ0v) is 6.20. The zero-order valence-electron chi connectivity index (χ0n) is 6.20. The van der Waals surface area contributed by atoms with E-state index < -0.39 is 0 Å². The Labute approximate surface area is 56.1 Å². The Bertz CT molecular complexity index is 107. The Hall–Kier alpha value is -0.860. The predicted octanol–water partition coefficient (Wildman–Crippen LogP) is 1.84. The molecule has 9 heavy (non-hydrogen) atoms. The Morgan fingerprint density at radius 2 is 2.11 bits per heavy atom. The van der Waals surface area contributed by atoms with E-state index >= 15 is 0 Å². The molecule has 0 saturated heterocycles. The third-order valence-electron chi connectivity index (χ3n) is 0.909. The summed E-state index contributed by atoms with van der Waals surface area (Å²) < 4.78 is 0. The maximum atomic E-state index is 3.78. The Morgan fingerprint density at radius 1 is 1.56 bits per heavy atom. The fourth-order valence-corrected chi connectivity index (χ4v) is 0.454. The van der Waals surface area contributed by atoms with Gasteiger partial charge in [-0.3, -0.25) is 5.01 Å². The molecule has 52 valence electrons. The predicted molar refractivity (Wildman–Crippen MR) is 38.0 cm³/mol. The summed E-state index contributed by atoms with van der Waals surface area (Å²) in [6.45, 7) is 7.62. The highest BCUT2D eigenvalue weighted by molar-refractivity contribution is 4.68. The van der Waals surface area contributed by atoms with Crippen molar-refractivity contribution in [1.29, 1.82) is 0 Å². The number of hydrogen-bond acceptors (Lipinski definition) is 2. The molecule has 0 spiro atoms. The first-order valence-corrected chi connectivity index (χ1v) is 2.93. The summed E-state index contributed by atoms with van der Waals surface area (Å²) in [6.07, 6.45) is 1.65. The number of hydrogen-bond donors (Lipinski definition) is 0. The van der Waals surface area contributed by atoms with Crippen molar-refractivity contribution in [3.05, 3.63) is 12.8 Å². The van der Waals surface area contributed by atoms with E-state index in [9.17, 15) is 0 Å². The van der Waals surface area contributed by atoms with Crippen LogP contribution in [0.2, 0.25) is 0 Å². The largest absolute Gasteiger partial charge is 0.253 e. The van der Waals surface area contributed by atoms with Crippen LogP contribution in [0.5, 0.6) is 0 Å². The molecule has 0 amide bonds. The minimum Gasteiger partial charge on any atom is -0.253 e. The van der Waals surface area contributed by atoms with Gasteiger partial charge in [0.05, 0.1) is 7.05 Å². The lowest BCUT2D eigenvalue weighted by atomic mass is 10.4. The summed E-state index contributed by atoms with van der Waals surface area (Å²) >= 11 is 0. The van der Waals surface area contributed by atoms with E-state index in [4.69, 9.17) is 0 Å². The van der Waals surface area contributed by atoms with Crippen LogP contribution >= 0.6 is 0 Å². The molecule has 0 aliphatic rings. The van der Waals surface area contributed by atoms with Crippen molar-refractivity contribution in [3.63, 3.8) is 0 Å². The van der Waals surface area contributed by atoms with Gasteiger partial charge >= 0.3 is 0 Å². The molecule has 0 bridgehead atoms. The van der Waals surface area contributed by atoms with Crippen LogP contribution < -0.4 is 0 Å². The minimum atomic E-state index is 0.339. The Balaban J connectivity index is 3.82. The molecule has 0 aliphatic carbocycles. The van der Waals surface area contributed by atoms with Crippen LogP contribution in [0.1, 0.15) is 13.8 Å². The molecule has 0 aromatic heterocycles. The lowest BCUT2D eigenvalue weighted by Crippen LogP contribution is -2.17. The molecule has 0 radical (unpaired) electrons.